The van der Waals surface area contributed by atoms with E-state index >= 15 is 0 Å². The Kier molecular flexibility index (Phi) is 5.06. The van der Waals surface area contributed by atoms with Crippen molar-refractivity contribution in [1.82, 2.24) is 0 Å². The lowest BCUT2D eigenvalue weighted by molar-refractivity contribution is 0.487. The first-order valence-electron chi connectivity index (χ1n) is 15.5. The van der Waals surface area contributed by atoms with Crippen LogP contribution in [-0.2, 0) is 0 Å². The largest absolute Gasteiger partial charge is 0.456 e. The van der Waals surface area contributed by atoms with Gasteiger partial charge in [0.25, 0.3) is 0 Å². The molecule has 0 fully saturated rings. The van der Waals surface area contributed by atoms with E-state index in [1.165, 1.54) is 76.5 Å². The highest BCUT2D eigenvalue weighted by molar-refractivity contribution is 6.28. The van der Waals surface area contributed by atoms with Gasteiger partial charge < -0.3 is 4.74 Å². The molecule has 0 unspecified atom stereocenters. The van der Waals surface area contributed by atoms with Crippen LogP contribution in [0.5, 0.6) is 11.5 Å². The van der Waals surface area contributed by atoms with Crippen molar-refractivity contribution in [2.24, 2.45) is 0 Å². The summed E-state index contributed by atoms with van der Waals surface area (Å²) in [6.07, 6.45) is 0. The third-order valence-electron chi connectivity index (χ3n) is 9.64. The van der Waals surface area contributed by atoms with E-state index in [0.717, 1.165) is 22.6 Å². The second kappa shape index (κ2) is 9.29. The molecule has 0 aromatic heterocycles. The summed E-state index contributed by atoms with van der Waals surface area (Å²) in [6.45, 7) is 0. The zero-order valence-corrected chi connectivity index (χ0v) is 24.4. The summed E-state index contributed by atoms with van der Waals surface area (Å²) in [5.74, 6) is 1.81. The van der Waals surface area contributed by atoms with Crippen LogP contribution in [-0.4, -0.2) is 0 Å². The predicted octanol–water partition coefficient (Wildman–Crippen LogP) is 12.5. The lowest BCUT2D eigenvalue weighted by Crippen LogP contribution is -1.98. The highest BCUT2D eigenvalue weighted by Crippen LogP contribution is 2.51. The van der Waals surface area contributed by atoms with Gasteiger partial charge in [0.2, 0.25) is 0 Å². The Morgan fingerprint density at radius 3 is 1.60 bits per heavy atom. The van der Waals surface area contributed by atoms with Crippen LogP contribution in [0.15, 0.2) is 158 Å². The van der Waals surface area contributed by atoms with Crippen molar-refractivity contribution in [3.8, 4) is 56.0 Å². The summed E-state index contributed by atoms with van der Waals surface area (Å²) in [5.41, 5.74) is 9.69. The van der Waals surface area contributed by atoms with E-state index in [1.54, 1.807) is 0 Å². The molecule has 0 atom stereocenters. The van der Waals surface area contributed by atoms with Gasteiger partial charge in [-0.05, 0) is 94.8 Å². The summed E-state index contributed by atoms with van der Waals surface area (Å²) in [5, 5.41) is 10.2. The fourth-order valence-corrected chi connectivity index (χ4v) is 7.58. The first kappa shape index (κ1) is 24.5. The van der Waals surface area contributed by atoms with E-state index in [9.17, 15) is 0 Å². The number of benzene rings is 9. The highest BCUT2D eigenvalue weighted by atomic mass is 16.5. The average Bonchev–Trinajstić information content (AvgIpc) is 3.11. The van der Waals surface area contributed by atoms with E-state index in [-0.39, 0.29) is 0 Å². The molecule has 10 rings (SSSR count). The molecule has 0 bridgehead atoms. The molecule has 0 amide bonds. The molecule has 9 aromatic rings. The molecule has 0 aliphatic carbocycles. The third kappa shape index (κ3) is 3.56. The standard InChI is InChI=1S/C44H26O/c1-3-8-27(9-4-1)31-18-21-35-37-13-7-12-36-34(24-25-40(44(36)37)45-41(35)26-31)33-20-15-30-16-22-38-32(28-10-5-2-6-11-28)19-14-29-17-23-39(33)43(30)42(29)38/h1-26H. The molecule has 208 valence electrons. The Bertz CT molecular complexity index is 2600. The molecule has 0 saturated heterocycles. The molecule has 1 nitrogen and oxygen atoms in total. The maximum absolute atomic E-state index is 6.64. The third-order valence-corrected chi connectivity index (χ3v) is 9.64. The van der Waals surface area contributed by atoms with Crippen molar-refractivity contribution >= 4 is 43.1 Å². The molecule has 0 spiro atoms. The minimum absolute atomic E-state index is 0.904. The number of fused-ring (bicyclic) bond motifs is 2. The van der Waals surface area contributed by atoms with Gasteiger partial charge in [-0.25, -0.2) is 0 Å². The zero-order valence-electron chi connectivity index (χ0n) is 24.4. The number of hydrogen-bond acceptors (Lipinski definition) is 1. The van der Waals surface area contributed by atoms with Crippen molar-refractivity contribution in [3.63, 3.8) is 0 Å². The first-order chi connectivity index (χ1) is 22.3. The fourth-order valence-electron chi connectivity index (χ4n) is 7.58. The lowest BCUT2D eigenvalue weighted by atomic mass is 9.85. The smallest absolute Gasteiger partial charge is 0.135 e. The van der Waals surface area contributed by atoms with Crippen LogP contribution in [0.2, 0.25) is 0 Å². The molecule has 1 heteroatoms. The zero-order chi connectivity index (χ0) is 29.5. The summed E-state index contributed by atoms with van der Waals surface area (Å²) >= 11 is 0. The van der Waals surface area contributed by atoms with E-state index in [1.807, 2.05) is 0 Å². The number of ether oxygens (including phenoxy) is 1. The van der Waals surface area contributed by atoms with Gasteiger partial charge in [-0.15, -0.1) is 0 Å². The van der Waals surface area contributed by atoms with Gasteiger partial charge in [-0.1, -0.05) is 140 Å². The SMILES string of the molecule is c1ccc(-c2ccc3c(c2)Oc2ccc(-c4ccc5ccc6c(-c7ccccc7)ccc7ccc4c5c76)c4cccc-3c24)cc1. The molecule has 9 aromatic carbocycles. The minimum Gasteiger partial charge on any atom is -0.456 e. The Hall–Kier alpha value is -5.92. The topological polar surface area (TPSA) is 9.23 Å². The van der Waals surface area contributed by atoms with E-state index in [2.05, 4.69) is 158 Å². The molecular weight excluding hydrogens is 544 g/mol. The summed E-state index contributed by atoms with van der Waals surface area (Å²) in [6, 6.07) is 57.2. The van der Waals surface area contributed by atoms with E-state index < -0.39 is 0 Å². The Balaban J connectivity index is 1.19. The van der Waals surface area contributed by atoms with Crippen LogP contribution in [0.3, 0.4) is 0 Å². The van der Waals surface area contributed by atoms with Crippen LogP contribution in [0.4, 0.5) is 0 Å². The Morgan fingerprint density at radius 2 is 0.867 bits per heavy atom. The fraction of sp³-hybridized carbons (Fsp3) is 0. The van der Waals surface area contributed by atoms with Gasteiger partial charge in [-0.3, -0.25) is 0 Å². The maximum atomic E-state index is 6.64. The van der Waals surface area contributed by atoms with Gasteiger partial charge in [0.15, 0.2) is 0 Å². The second-order valence-electron chi connectivity index (χ2n) is 12.0. The van der Waals surface area contributed by atoms with E-state index in [0.29, 0.717) is 0 Å². The summed E-state index contributed by atoms with van der Waals surface area (Å²) in [4.78, 5) is 0. The molecule has 0 N–H and O–H groups in total. The van der Waals surface area contributed by atoms with E-state index in [4.69, 9.17) is 4.74 Å². The Labute approximate surface area is 260 Å². The highest BCUT2D eigenvalue weighted by Gasteiger charge is 2.23. The van der Waals surface area contributed by atoms with Crippen LogP contribution < -0.4 is 4.74 Å². The van der Waals surface area contributed by atoms with Gasteiger partial charge in [0.1, 0.15) is 11.5 Å². The van der Waals surface area contributed by atoms with Crippen molar-refractivity contribution in [3.05, 3.63) is 158 Å². The van der Waals surface area contributed by atoms with Crippen LogP contribution in [0.1, 0.15) is 0 Å². The molecule has 1 aliphatic heterocycles. The van der Waals surface area contributed by atoms with Crippen molar-refractivity contribution in [2.45, 2.75) is 0 Å². The molecule has 0 radical (unpaired) electrons. The van der Waals surface area contributed by atoms with Crippen LogP contribution in [0, 0.1) is 0 Å². The molecule has 1 aliphatic rings. The Morgan fingerprint density at radius 1 is 0.289 bits per heavy atom. The monoisotopic (exact) mass is 570 g/mol. The van der Waals surface area contributed by atoms with Gasteiger partial charge in [0.05, 0.1) is 0 Å². The van der Waals surface area contributed by atoms with Crippen LogP contribution in [0.25, 0.3) is 87.6 Å². The predicted molar refractivity (Wildman–Crippen MR) is 189 cm³/mol. The summed E-state index contributed by atoms with van der Waals surface area (Å²) in [7, 11) is 0. The van der Waals surface area contributed by atoms with Crippen molar-refractivity contribution in [1.29, 1.82) is 0 Å². The second-order valence-corrected chi connectivity index (χ2v) is 12.0. The number of hydrogen-bond donors (Lipinski definition) is 0. The molecule has 0 saturated carbocycles. The normalized spacial score (nSPS) is 12.2. The lowest BCUT2D eigenvalue weighted by Gasteiger charge is -2.24. The van der Waals surface area contributed by atoms with Gasteiger partial charge >= 0.3 is 0 Å². The van der Waals surface area contributed by atoms with Crippen molar-refractivity contribution < 1.29 is 4.74 Å². The maximum Gasteiger partial charge on any atom is 0.135 e. The summed E-state index contributed by atoms with van der Waals surface area (Å²) < 4.78 is 6.64. The molecule has 1 heterocycles. The minimum atomic E-state index is 0.904. The quantitative estimate of drug-likeness (QED) is 0.192. The first-order valence-corrected chi connectivity index (χ1v) is 15.5. The van der Waals surface area contributed by atoms with Crippen molar-refractivity contribution in [2.75, 3.05) is 0 Å². The van der Waals surface area contributed by atoms with Crippen LogP contribution >= 0.6 is 0 Å². The number of rotatable bonds is 3. The van der Waals surface area contributed by atoms with Gasteiger partial charge in [-0.2, -0.15) is 0 Å². The average molecular weight is 571 g/mol. The molecule has 45 heavy (non-hydrogen) atoms. The molecular formula is C44H26O. The van der Waals surface area contributed by atoms with Gasteiger partial charge in [0, 0.05) is 10.9 Å².